The van der Waals surface area contributed by atoms with Crippen LogP contribution in [0.5, 0.6) is 5.75 Å². The molecular formula is C10H8FNO. The predicted molar refractivity (Wildman–Crippen MR) is 48.3 cm³/mol. The molecule has 1 heterocycles. The van der Waals surface area contributed by atoms with Gasteiger partial charge in [-0.05, 0) is 18.2 Å². The molecule has 0 N–H and O–H groups in total. The van der Waals surface area contributed by atoms with Crippen molar-refractivity contribution in [3.05, 3.63) is 36.4 Å². The highest BCUT2D eigenvalue weighted by Crippen LogP contribution is 2.23. The number of rotatable bonds is 1. The highest BCUT2D eigenvalue weighted by molar-refractivity contribution is 5.87. The molecule has 0 amide bonds. The summed E-state index contributed by atoms with van der Waals surface area (Å²) in [5, 5.41) is 1.62. The summed E-state index contributed by atoms with van der Waals surface area (Å²) in [6.07, 6.45) is 3.22. The number of nitrogens with zero attached hydrogens (tertiary/aromatic N) is 1. The van der Waals surface area contributed by atoms with E-state index in [-0.39, 0.29) is 5.82 Å². The van der Waals surface area contributed by atoms with Crippen molar-refractivity contribution in [1.29, 1.82) is 0 Å². The standard InChI is InChI=1S/C10H8FNO/c1-13-10-6-12-5-7-4-8(11)2-3-9(7)10/h2-6H,1H3. The van der Waals surface area contributed by atoms with Crippen LogP contribution >= 0.6 is 0 Å². The predicted octanol–water partition coefficient (Wildman–Crippen LogP) is 2.38. The topological polar surface area (TPSA) is 22.1 Å². The molecule has 0 atom stereocenters. The van der Waals surface area contributed by atoms with E-state index in [0.717, 1.165) is 10.8 Å². The summed E-state index contributed by atoms with van der Waals surface area (Å²) in [5.41, 5.74) is 0. The Morgan fingerprint density at radius 3 is 2.92 bits per heavy atom. The van der Waals surface area contributed by atoms with E-state index in [0.29, 0.717) is 5.75 Å². The lowest BCUT2D eigenvalue weighted by atomic mass is 10.1. The van der Waals surface area contributed by atoms with Gasteiger partial charge in [-0.15, -0.1) is 0 Å². The van der Waals surface area contributed by atoms with Crippen LogP contribution in [0.1, 0.15) is 0 Å². The second kappa shape index (κ2) is 3.01. The second-order valence-corrected chi connectivity index (χ2v) is 2.71. The van der Waals surface area contributed by atoms with Gasteiger partial charge in [-0.3, -0.25) is 4.98 Å². The molecule has 3 heteroatoms. The van der Waals surface area contributed by atoms with Crippen LogP contribution in [0.3, 0.4) is 0 Å². The average molecular weight is 177 g/mol. The lowest BCUT2D eigenvalue weighted by molar-refractivity contribution is 0.418. The van der Waals surface area contributed by atoms with Crippen LogP contribution in [0.4, 0.5) is 4.39 Å². The van der Waals surface area contributed by atoms with Crippen LogP contribution in [-0.4, -0.2) is 12.1 Å². The average Bonchev–Trinajstić information content (AvgIpc) is 2.16. The summed E-state index contributed by atoms with van der Waals surface area (Å²) in [5.74, 6) is 0.403. The third-order valence-electron chi connectivity index (χ3n) is 1.90. The Morgan fingerprint density at radius 1 is 1.31 bits per heavy atom. The fourth-order valence-corrected chi connectivity index (χ4v) is 1.28. The first-order valence-electron chi connectivity index (χ1n) is 3.88. The molecule has 1 aromatic carbocycles. The van der Waals surface area contributed by atoms with Crippen molar-refractivity contribution in [2.24, 2.45) is 0 Å². The zero-order chi connectivity index (χ0) is 9.26. The fourth-order valence-electron chi connectivity index (χ4n) is 1.28. The molecule has 2 aromatic rings. The number of pyridine rings is 1. The number of benzene rings is 1. The normalized spacial score (nSPS) is 10.3. The van der Waals surface area contributed by atoms with Crippen LogP contribution in [0.15, 0.2) is 30.6 Å². The Labute approximate surface area is 75.0 Å². The Morgan fingerprint density at radius 2 is 2.15 bits per heavy atom. The van der Waals surface area contributed by atoms with Crippen molar-refractivity contribution >= 4 is 10.8 Å². The summed E-state index contributed by atoms with van der Waals surface area (Å²) in [4.78, 5) is 3.93. The molecule has 0 aliphatic heterocycles. The van der Waals surface area contributed by atoms with Gasteiger partial charge in [0.15, 0.2) is 0 Å². The van der Waals surface area contributed by atoms with Gasteiger partial charge in [0.2, 0.25) is 0 Å². The van der Waals surface area contributed by atoms with Gasteiger partial charge in [-0.25, -0.2) is 4.39 Å². The SMILES string of the molecule is COc1cncc2cc(F)ccc12. The largest absolute Gasteiger partial charge is 0.494 e. The van der Waals surface area contributed by atoms with Gasteiger partial charge in [0.05, 0.1) is 13.3 Å². The van der Waals surface area contributed by atoms with E-state index in [4.69, 9.17) is 4.74 Å². The Balaban J connectivity index is 2.77. The zero-order valence-electron chi connectivity index (χ0n) is 7.12. The van der Waals surface area contributed by atoms with Crippen molar-refractivity contribution in [1.82, 2.24) is 4.98 Å². The smallest absolute Gasteiger partial charge is 0.144 e. The van der Waals surface area contributed by atoms with Crippen molar-refractivity contribution in [3.8, 4) is 5.75 Å². The van der Waals surface area contributed by atoms with Crippen molar-refractivity contribution < 1.29 is 9.13 Å². The molecule has 0 bridgehead atoms. The molecule has 2 rings (SSSR count). The first-order valence-corrected chi connectivity index (χ1v) is 3.88. The maximum absolute atomic E-state index is 12.8. The second-order valence-electron chi connectivity index (χ2n) is 2.71. The Hall–Kier alpha value is -1.64. The van der Waals surface area contributed by atoms with E-state index < -0.39 is 0 Å². The van der Waals surface area contributed by atoms with Gasteiger partial charge in [-0.2, -0.15) is 0 Å². The van der Waals surface area contributed by atoms with Crippen molar-refractivity contribution in [2.75, 3.05) is 7.11 Å². The van der Waals surface area contributed by atoms with Crippen LogP contribution < -0.4 is 4.74 Å². The number of ether oxygens (including phenoxy) is 1. The van der Waals surface area contributed by atoms with Crippen molar-refractivity contribution in [3.63, 3.8) is 0 Å². The number of hydrogen-bond donors (Lipinski definition) is 0. The number of fused-ring (bicyclic) bond motifs is 1. The lowest BCUT2D eigenvalue weighted by Crippen LogP contribution is -1.86. The van der Waals surface area contributed by atoms with Crippen LogP contribution in [0.2, 0.25) is 0 Å². The van der Waals surface area contributed by atoms with Gasteiger partial charge in [0, 0.05) is 17.0 Å². The van der Waals surface area contributed by atoms with Crippen LogP contribution in [-0.2, 0) is 0 Å². The fraction of sp³-hybridized carbons (Fsp3) is 0.100. The molecule has 66 valence electrons. The molecule has 0 saturated heterocycles. The third kappa shape index (κ3) is 1.33. The number of halogens is 1. The van der Waals surface area contributed by atoms with E-state index >= 15 is 0 Å². The first kappa shape index (κ1) is 7.98. The van der Waals surface area contributed by atoms with Gasteiger partial charge in [0.1, 0.15) is 11.6 Å². The van der Waals surface area contributed by atoms with E-state index in [2.05, 4.69) is 4.98 Å². The summed E-state index contributed by atoms with van der Waals surface area (Å²) in [6.45, 7) is 0. The summed E-state index contributed by atoms with van der Waals surface area (Å²) < 4.78 is 17.9. The molecule has 13 heavy (non-hydrogen) atoms. The monoisotopic (exact) mass is 177 g/mol. The first-order chi connectivity index (χ1) is 6.31. The maximum Gasteiger partial charge on any atom is 0.144 e. The minimum Gasteiger partial charge on any atom is -0.494 e. The summed E-state index contributed by atoms with van der Waals surface area (Å²) >= 11 is 0. The molecule has 0 aliphatic rings. The number of aromatic nitrogens is 1. The van der Waals surface area contributed by atoms with E-state index in [1.807, 2.05) is 0 Å². The van der Waals surface area contributed by atoms with Gasteiger partial charge in [0.25, 0.3) is 0 Å². The molecule has 0 aliphatic carbocycles. The summed E-state index contributed by atoms with van der Waals surface area (Å²) in [7, 11) is 1.57. The van der Waals surface area contributed by atoms with E-state index in [9.17, 15) is 4.39 Å². The summed E-state index contributed by atoms with van der Waals surface area (Å²) in [6, 6.07) is 4.53. The van der Waals surface area contributed by atoms with Crippen LogP contribution in [0, 0.1) is 5.82 Å². The maximum atomic E-state index is 12.8. The Kier molecular flexibility index (Phi) is 1.85. The van der Waals surface area contributed by atoms with Crippen LogP contribution in [0.25, 0.3) is 10.8 Å². The highest BCUT2D eigenvalue weighted by atomic mass is 19.1. The highest BCUT2D eigenvalue weighted by Gasteiger charge is 2.01. The van der Waals surface area contributed by atoms with Gasteiger partial charge >= 0.3 is 0 Å². The number of methoxy groups -OCH3 is 1. The molecule has 2 nitrogen and oxygen atoms in total. The lowest BCUT2D eigenvalue weighted by Gasteiger charge is -2.03. The molecule has 0 fully saturated rings. The minimum absolute atomic E-state index is 0.262. The number of hydrogen-bond acceptors (Lipinski definition) is 2. The Bertz CT molecular complexity index is 442. The van der Waals surface area contributed by atoms with E-state index in [1.165, 1.54) is 12.1 Å². The minimum atomic E-state index is -0.262. The molecular weight excluding hydrogens is 169 g/mol. The molecule has 0 unspecified atom stereocenters. The van der Waals surface area contributed by atoms with E-state index in [1.54, 1.807) is 25.6 Å². The molecule has 0 saturated carbocycles. The molecule has 1 aromatic heterocycles. The molecule has 0 radical (unpaired) electrons. The van der Waals surface area contributed by atoms with Gasteiger partial charge in [-0.1, -0.05) is 0 Å². The quantitative estimate of drug-likeness (QED) is 0.667. The van der Waals surface area contributed by atoms with Gasteiger partial charge < -0.3 is 4.74 Å². The third-order valence-corrected chi connectivity index (χ3v) is 1.90. The zero-order valence-corrected chi connectivity index (χ0v) is 7.12. The van der Waals surface area contributed by atoms with Crippen molar-refractivity contribution in [2.45, 2.75) is 0 Å². The molecule has 0 spiro atoms.